The van der Waals surface area contributed by atoms with Gasteiger partial charge in [-0.3, -0.25) is 14.5 Å². The van der Waals surface area contributed by atoms with Crippen molar-refractivity contribution < 1.29 is 0 Å². The first kappa shape index (κ1) is 19.9. The van der Waals surface area contributed by atoms with E-state index in [2.05, 4.69) is 24.5 Å². The van der Waals surface area contributed by atoms with Crippen LogP contribution in [0, 0.1) is 53.7 Å². The highest BCUT2D eigenvalue weighted by atomic mass is 14.9. The summed E-state index contributed by atoms with van der Waals surface area (Å²) >= 11 is 0. The summed E-state index contributed by atoms with van der Waals surface area (Å²) in [7, 11) is 0. The first-order valence-corrected chi connectivity index (χ1v) is 9.64. The Morgan fingerprint density at radius 1 is 0.618 bits per heavy atom. The standard InChI is InChI=1S/C26H6N8/c1-30-22-16(10-27)20-21(24(31-2)26(22)32-3)19-14-7-5-4-6-13(14)8-9-15(19)23-25(20)34-18(12-29)17(11-28)33-23/h4-9H. The van der Waals surface area contributed by atoms with Crippen LogP contribution < -0.4 is 0 Å². The normalized spacial score (nSPS) is 10.2. The van der Waals surface area contributed by atoms with Gasteiger partial charge in [-0.05, 0) is 21.5 Å². The first-order valence-electron chi connectivity index (χ1n) is 9.64. The number of nitrogens with zero attached hydrogens (tertiary/aromatic N) is 8. The molecular formula is C26H6N8. The molecule has 0 N–H and O–H groups in total. The number of hydrogen-bond donors (Lipinski definition) is 0. The molecule has 0 aliphatic rings. The van der Waals surface area contributed by atoms with Gasteiger partial charge in [0.1, 0.15) is 12.1 Å². The quantitative estimate of drug-likeness (QED) is 0.210. The summed E-state index contributed by atoms with van der Waals surface area (Å²) in [5, 5.41) is 32.3. The van der Waals surface area contributed by atoms with E-state index in [-0.39, 0.29) is 50.4 Å². The van der Waals surface area contributed by atoms with Gasteiger partial charge in [0, 0.05) is 10.8 Å². The molecule has 0 saturated heterocycles. The second-order valence-corrected chi connectivity index (χ2v) is 7.17. The third-order valence-corrected chi connectivity index (χ3v) is 5.65. The maximum atomic E-state index is 10.1. The monoisotopic (exact) mass is 430 g/mol. The van der Waals surface area contributed by atoms with Crippen molar-refractivity contribution in [2.45, 2.75) is 0 Å². The lowest BCUT2D eigenvalue weighted by Crippen LogP contribution is -1.99. The lowest BCUT2D eigenvalue weighted by atomic mass is 9.90. The smallest absolute Gasteiger partial charge is 0.202 e. The van der Waals surface area contributed by atoms with E-state index in [4.69, 9.17) is 19.7 Å². The van der Waals surface area contributed by atoms with Crippen molar-refractivity contribution in [3.05, 3.63) is 87.6 Å². The van der Waals surface area contributed by atoms with Gasteiger partial charge in [0.25, 0.3) is 0 Å². The zero-order chi connectivity index (χ0) is 24.0. The first-order chi connectivity index (χ1) is 16.6. The predicted octanol–water partition coefficient (Wildman–Crippen LogP) is 6.36. The van der Waals surface area contributed by atoms with Crippen LogP contribution in [0.15, 0.2) is 36.4 Å². The summed E-state index contributed by atoms with van der Waals surface area (Å²) in [6.45, 7) is 23.1. The number of aromatic nitrogens is 2. The van der Waals surface area contributed by atoms with Crippen molar-refractivity contribution in [3.8, 4) is 18.2 Å². The Morgan fingerprint density at radius 3 is 1.88 bits per heavy atom. The Balaban J connectivity index is 2.34. The molecule has 150 valence electrons. The van der Waals surface area contributed by atoms with Crippen molar-refractivity contribution in [1.29, 1.82) is 15.8 Å². The van der Waals surface area contributed by atoms with Crippen LogP contribution in [0.25, 0.3) is 57.9 Å². The van der Waals surface area contributed by atoms with E-state index in [0.29, 0.717) is 16.2 Å². The molecule has 34 heavy (non-hydrogen) atoms. The molecule has 1 aromatic heterocycles. The molecule has 4 aromatic carbocycles. The molecule has 0 unspecified atom stereocenters. The zero-order valence-corrected chi connectivity index (χ0v) is 17.0. The van der Waals surface area contributed by atoms with Crippen LogP contribution in [-0.4, -0.2) is 9.97 Å². The highest BCUT2D eigenvalue weighted by Crippen LogP contribution is 2.52. The van der Waals surface area contributed by atoms with Crippen LogP contribution in [0.2, 0.25) is 0 Å². The van der Waals surface area contributed by atoms with Gasteiger partial charge in [-0.25, -0.2) is 9.97 Å². The van der Waals surface area contributed by atoms with Crippen molar-refractivity contribution in [2.24, 2.45) is 0 Å². The van der Waals surface area contributed by atoms with E-state index in [9.17, 15) is 15.8 Å². The van der Waals surface area contributed by atoms with Gasteiger partial charge < -0.3 is 0 Å². The summed E-state index contributed by atoms with van der Waals surface area (Å²) in [5.74, 6) is 0. The third-order valence-electron chi connectivity index (χ3n) is 5.65. The fourth-order valence-electron chi connectivity index (χ4n) is 4.32. The van der Waals surface area contributed by atoms with E-state index in [1.807, 2.05) is 48.5 Å². The molecule has 0 saturated carbocycles. The summed E-state index contributed by atoms with van der Waals surface area (Å²) in [6, 6.07) is 16.8. The molecule has 0 aliphatic carbocycles. The number of benzene rings is 4. The highest BCUT2D eigenvalue weighted by molar-refractivity contribution is 6.35. The molecule has 0 aliphatic heterocycles. The molecule has 5 aromatic rings. The highest BCUT2D eigenvalue weighted by Gasteiger charge is 2.26. The van der Waals surface area contributed by atoms with Crippen LogP contribution >= 0.6 is 0 Å². The molecule has 1 heterocycles. The summed E-state index contributed by atoms with van der Waals surface area (Å²) in [4.78, 5) is 19.2. The fourth-order valence-corrected chi connectivity index (χ4v) is 4.32. The van der Waals surface area contributed by atoms with Crippen molar-refractivity contribution in [1.82, 2.24) is 9.97 Å². The Kier molecular flexibility index (Phi) is 4.25. The molecule has 8 nitrogen and oxygen atoms in total. The molecular weight excluding hydrogens is 424 g/mol. The van der Waals surface area contributed by atoms with Crippen molar-refractivity contribution >= 4 is 60.4 Å². The second-order valence-electron chi connectivity index (χ2n) is 7.17. The van der Waals surface area contributed by atoms with Crippen molar-refractivity contribution in [2.75, 3.05) is 0 Å². The Hall–Kier alpha value is -6.06. The number of fused-ring (bicyclic) bond motifs is 8. The van der Waals surface area contributed by atoms with Gasteiger partial charge in [-0.15, -0.1) is 0 Å². The molecule has 0 fully saturated rings. The van der Waals surface area contributed by atoms with Gasteiger partial charge in [-0.1, -0.05) is 36.4 Å². The van der Waals surface area contributed by atoms with E-state index in [0.717, 1.165) is 10.8 Å². The summed E-state index contributed by atoms with van der Waals surface area (Å²) < 4.78 is 0. The largest absolute Gasteiger partial charge is 0.262 e. The van der Waals surface area contributed by atoms with Gasteiger partial charge in [0.2, 0.25) is 11.4 Å². The average molecular weight is 430 g/mol. The van der Waals surface area contributed by atoms with Gasteiger partial charge >= 0.3 is 0 Å². The fraction of sp³-hybridized carbons (Fsp3) is 0. The minimum Gasteiger partial charge on any atom is -0.262 e. The van der Waals surface area contributed by atoms with E-state index in [1.54, 1.807) is 6.07 Å². The molecule has 8 heteroatoms. The van der Waals surface area contributed by atoms with E-state index >= 15 is 0 Å². The van der Waals surface area contributed by atoms with Crippen molar-refractivity contribution in [3.63, 3.8) is 0 Å². The van der Waals surface area contributed by atoms with E-state index < -0.39 is 0 Å². The number of nitriles is 3. The molecule has 0 amide bonds. The van der Waals surface area contributed by atoms with Crippen LogP contribution in [0.1, 0.15) is 17.0 Å². The number of rotatable bonds is 0. The average Bonchev–Trinajstić information content (AvgIpc) is 2.89. The Labute approximate surface area is 192 Å². The van der Waals surface area contributed by atoms with Gasteiger partial charge in [0.15, 0.2) is 17.1 Å². The minimum absolute atomic E-state index is 0.0667. The molecule has 5 rings (SSSR count). The van der Waals surface area contributed by atoms with Gasteiger partial charge in [0.05, 0.1) is 42.4 Å². The zero-order valence-electron chi connectivity index (χ0n) is 17.0. The second kappa shape index (κ2) is 7.27. The molecule has 0 bridgehead atoms. The van der Waals surface area contributed by atoms with Crippen LogP contribution in [0.3, 0.4) is 0 Å². The Bertz CT molecular complexity index is 2030. The molecule has 0 atom stereocenters. The Morgan fingerprint density at radius 2 is 1.26 bits per heavy atom. The lowest BCUT2D eigenvalue weighted by Gasteiger charge is -2.16. The maximum absolute atomic E-state index is 10.1. The lowest BCUT2D eigenvalue weighted by molar-refractivity contribution is 1.21. The molecule has 0 radical (unpaired) electrons. The maximum Gasteiger partial charge on any atom is 0.202 e. The van der Waals surface area contributed by atoms with E-state index in [1.165, 1.54) is 0 Å². The third kappa shape index (κ3) is 2.40. The number of hydrogen-bond acceptors (Lipinski definition) is 5. The summed E-state index contributed by atoms with van der Waals surface area (Å²) in [6.07, 6.45) is 0. The summed E-state index contributed by atoms with van der Waals surface area (Å²) in [5.41, 5.74) is -0.654. The van der Waals surface area contributed by atoms with Gasteiger partial charge in [-0.2, -0.15) is 15.8 Å². The topological polar surface area (TPSA) is 110 Å². The SMILES string of the molecule is [C-]#[N+]c1c([N+]#[C-])c([N+]#[C-])c2c(c1C#N)c1nc(C#N)c(C#N)nc1c1ccc3ccccc3c12. The minimum atomic E-state index is -0.249. The van der Waals surface area contributed by atoms with Crippen LogP contribution in [0.4, 0.5) is 17.1 Å². The predicted molar refractivity (Wildman–Crippen MR) is 125 cm³/mol. The molecule has 0 spiro atoms. The van der Waals surface area contributed by atoms with Crippen LogP contribution in [-0.2, 0) is 0 Å². The van der Waals surface area contributed by atoms with Crippen LogP contribution in [0.5, 0.6) is 0 Å².